The van der Waals surface area contributed by atoms with Gasteiger partial charge in [0.15, 0.2) is 0 Å². The highest BCUT2D eigenvalue weighted by Crippen LogP contribution is 2.19. The molecule has 2 heteroatoms. The molecule has 1 unspecified atom stereocenters. The standard InChI is InChI=1S/C18H31NO/c1-6-13-19-17(18(4,5)20-8-3)14-16-11-9-15(7-2)10-12-16/h9-12,17,19H,6-8,13-14H2,1-5H3. The van der Waals surface area contributed by atoms with Crippen LogP contribution in [0.15, 0.2) is 24.3 Å². The molecule has 0 amide bonds. The molecule has 114 valence electrons. The van der Waals surface area contributed by atoms with Gasteiger partial charge >= 0.3 is 0 Å². The molecule has 0 aliphatic carbocycles. The third-order valence-corrected chi connectivity index (χ3v) is 3.87. The van der Waals surface area contributed by atoms with E-state index in [-0.39, 0.29) is 5.60 Å². The van der Waals surface area contributed by atoms with Crippen molar-refractivity contribution < 1.29 is 4.74 Å². The van der Waals surface area contributed by atoms with Gasteiger partial charge in [0.2, 0.25) is 0 Å². The molecule has 1 N–H and O–H groups in total. The Morgan fingerprint density at radius 3 is 2.15 bits per heavy atom. The number of ether oxygens (including phenoxy) is 1. The predicted octanol–water partition coefficient (Wildman–Crippen LogP) is 3.97. The van der Waals surface area contributed by atoms with Crippen molar-refractivity contribution in [1.29, 1.82) is 0 Å². The third-order valence-electron chi connectivity index (χ3n) is 3.87. The van der Waals surface area contributed by atoms with Gasteiger partial charge in [-0.1, -0.05) is 38.1 Å². The number of benzene rings is 1. The van der Waals surface area contributed by atoms with Crippen LogP contribution in [0.3, 0.4) is 0 Å². The second-order valence-electron chi connectivity index (χ2n) is 5.92. The lowest BCUT2D eigenvalue weighted by Crippen LogP contribution is -2.50. The maximum absolute atomic E-state index is 5.94. The molecule has 1 atom stereocenters. The molecule has 0 radical (unpaired) electrons. The molecule has 0 bridgehead atoms. The average molecular weight is 277 g/mol. The van der Waals surface area contributed by atoms with E-state index in [1.165, 1.54) is 11.1 Å². The number of rotatable bonds is 9. The third kappa shape index (κ3) is 5.26. The maximum Gasteiger partial charge on any atom is 0.0781 e. The molecule has 2 nitrogen and oxygen atoms in total. The molecule has 1 rings (SSSR count). The summed E-state index contributed by atoms with van der Waals surface area (Å²) in [6.07, 6.45) is 3.26. The monoisotopic (exact) mass is 277 g/mol. The van der Waals surface area contributed by atoms with Crippen LogP contribution in [0.2, 0.25) is 0 Å². The molecule has 0 spiro atoms. The predicted molar refractivity (Wildman–Crippen MR) is 87.3 cm³/mol. The molecule has 0 aliphatic rings. The van der Waals surface area contributed by atoms with Gasteiger partial charge in [0.1, 0.15) is 0 Å². The smallest absolute Gasteiger partial charge is 0.0781 e. The topological polar surface area (TPSA) is 21.3 Å². The van der Waals surface area contributed by atoms with Crippen LogP contribution in [-0.4, -0.2) is 24.8 Å². The molecule has 0 saturated heterocycles. The summed E-state index contributed by atoms with van der Waals surface area (Å²) < 4.78 is 5.94. The lowest BCUT2D eigenvalue weighted by Gasteiger charge is -2.35. The summed E-state index contributed by atoms with van der Waals surface area (Å²) in [5, 5.41) is 3.65. The minimum absolute atomic E-state index is 0.145. The summed E-state index contributed by atoms with van der Waals surface area (Å²) in [5.41, 5.74) is 2.63. The Kier molecular flexibility index (Phi) is 7.25. The number of hydrogen-bond acceptors (Lipinski definition) is 2. The Hall–Kier alpha value is -0.860. The zero-order chi connectivity index (χ0) is 15.0. The van der Waals surface area contributed by atoms with E-state index >= 15 is 0 Å². The first-order valence-corrected chi connectivity index (χ1v) is 7.98. The minimum atomic E-state index is -0.145. The molecule has 1 aromatic rings. The Balaban J connectivity index is 2.76. The number of aryl methyl sites for hydroxylation is 1. The van der Waals surface area contributed by atoms with Gasteiger partial charge in [-0.05, 0) is 57.7 Å². The van der Waals surface area contributed by atoms with Crippen molar-refractivity contribution in [3.63, 3.8) is 0 Å². The van der Waals surface area contributed by atoms with Crippen molar-refractivity contribution in [1.82, 2.24) is 5.32 Å². The normalized spacial score (nSPS) is 13.4. The van der Waals surface area contributed by atoms with Gasteiger partial charge in [0.25, 0.3) is 0 Å². The molecular formula is C18H31NO. The van der Waals surface area contributed by atoms with Gasteiger partial charge in [0.05, 0.1) is 5.60 Å². The Morgan fingerprint density at radius 1 is 1.05 bits per heavy atom. The lowest BCUT2D eigenvalue weighted by molar-refractivity contribution is -0.0379. The highest BCUT2D eigenvalue weighted by atomic mass is 16.5. The van der Waals surface area contributed by atoms with Gasteiger partial charge < -0.3 is 10.1 Å². The van der Waals surface area contributed by atoms with Crippen molar-refractivity contribution in [3.05, 3.63) is 35.4 Å². The molecule has 0 aromatic heterocycles. The largest absolute Gasteiger partial charge is 0.374 e. The maximum atomic E-state index is 5.94. The summed E-state index contributed by atoms with van der Waals surface area (Å²) in [7, 11) is 0. The van der Waals surface area contributed by atoms with Crippen molar-refractivity contribution in [2.75, 3.05) is 13.2 Å². The quantitative estimate of drug-likeness (QED) is 0.737. The van der Waals surface area contributed by atoms with Crippen molar-refractivity contribution >= 4 is 0 Å². The van der Waals surface area contributed by atoms with Crippen LogP contribution in [0.5, 0.6) is 0 Å². The van der Waals surface area contributed by atoms with Crippen LogP contribution in [0, 0.1) is 0 Å². The zero-order valence-corrected chi connectivity index (χ0v) is 13.8. The molecular weight excluding hydrogens is 246 g/mol. The second-order valence-corrected chi connectivity index (χ2v) is 5.92. The fourth-order valence-electron chi connectivity index (χ4n) is 2.50. The fourth-order valence-corrected chi connectivity index (χ4v) is 2.50. The highest BCUT2D eigenvalue weighted by Gasteiger charge is 2.29. The van der Waals surface area contributed by atoms with E-state index < -0.39 is 0 Å². The molecule has 20 heavy (non-hydrogen) atoms. The first kappa shape index (κ1) is 17.2. The SMILES string of the molecule is CCCNC(Cc1ccc(CC)cc1)C(C)(C)OCC. The van der Waals surface area contributed by atoms with Crippen LogP contribution >= 0.6 is 0 Å². The average Bonchev–Trinajstić information content (AvgIpc) is 2.44. The van der Waals surface area contributed by atoms with Crippen LogP contribution in [0.4, 0.5) is 0 Å². The van der Waals surface area contributed by atoms with Crippen LogP contribution in [0.1, 0.15) is 52.2 Å². The number of nitrogens with one attached hydrogen (secondary N) is 1. The van der Waals surface area contributed by atoms with E-state index in [4.69, 9.17) is 4.74 Å². The van der Waals surface area contributed by atoms with Gasteiger partial charge in [-0.15, -0.1) is 0 Å². The first-order valence-electron chi connectivity index (χ1n) is 7.98. The van der Waals surface area contributed by atoms with E-state index in [0.29, 0.717) is 6.04 Å². The lowest BCUT2D eigenvalue weighted by atomic mass is 9.91. The van der Waals surface area contributed by atoms with Gasteiger partial charge in [0, 0.05) is 12.6 Å². The second kappa shape index (κ2) is 8.43. The van der Waals surface area contributed by atoms with E-state index in [9.17, 15) is 0 Å². The van der Waals surface area contributed by atoms with Crippen LogP contribution in [0.25, 0.3) is 0 Å². The fraction of sp³-hybridized carbons (Fsp3) is 0.667. The summed E-state index contributed by atoms with van der Waals surface area (Å²) in [4.78, 5) is 0. The first-order chi connectivity index (χ1) is 9.53. The van der Waals surface area contributed by atoms with Crippen LogP contribution in [-0.2, 0) is 17.6 Å². The van der Waals surface area contributed by atoms with Crippen LogP contribution < -0.4 is 5.32 Å². The minimum Gasteiger partial charge on any atom is -0.374 e. The van der Waals surface area contributed by atoms with Gasteiger partial charge in [-0.3, -0.25) is 0 Å². The Labute approximate surface area is 124 Å². The van der Waals surface area contributed by atoms with E-state index in [1.807, 2.05) is 0 Å². The molecule has 0 heterocycles. The van der Waals surface area contributed by atoms with Crippen molar-refractivity contribution in [3.8, 4) is 0 Å². The molecule has 0 fully saturated rings. The zero-order valence-electron chi connectivity index (χ0n) is 13.8. The van der Waals surface area contributed by atoms with E-state index in [2.05, 4.69) is 64.2 Å². The molecule has 0 saturated carbocycles. The summed E-state index contributed by atoms with van der Waals surface area (Å²) in [5.74, 6) is 0. The summed E-state index contributed by atoms with van der Waals surface area (Å²) in [6.45, 7) is 12.6. The summed E-state index contributed by atoms with van der Waals surface area (Å²) in [6, 6.07) is 9.32. The Bertz CT molecular complexity index is 370. The highest BCUT2D eigenvalue weighted by molar-refractivity contribution is 5.23. The summed E-state index contributed by atoms with van der Waals surface area (Å²) >= 11 is 0. The van der Waals surface area contributed by atoms with Gasteiger partial charge in [-0.25, -0.2) is 0 Å². The van der Waals surface area contributed by atoms with Crippen molar-refractivity contribution in [2.45, 2.75) is 65.5 Å². The molecule has 0 aliphatic heterocycles. The number of hydrogen-bond donors (Lipinski definition) is 1. The van der Waals surface area contributed by atoms with E-state index in [1.54, 1.807) is 0 Å². The molecule has 1 aromatic carbocycles. The van der Waals surface area contributed by atoms with Crippen molar-refractivity contribution in [2.24, 2.45) is 0 Å². The Morgan fingerprint density at radius 2 is 1.65 bits per heavy atom. The van der Waals surface area contributed by atoms with E-state index in [0.717, 1.165) is 32.4 Å². The van der Waals surface area contributed by atoms with Gasteiger partial charge in [-0.2, -0.15) is 0 Å².